The number of aromatic nitrogens is 1. The summed E-state index contributed by atoms with van der Waals surface area (Å²) in [4.78, 5) is 14.3. The summed E-state index contributed by atoms with van der Waals surface area (Å²) in [6.07, 6.45) is 2.34. The van der Waals surface area contributed by atoms with Crippen LogP contribution in [0.25, 0.3) is 10.9 Å². The van der Waals surface area contributed by atoms with Crippen molar-refractivity contribution in [1.29, 1.82) is 0 Å². The standard InChI is InChI=1S/C15H18N2O/c1-10-8-13(6-7-16-10)12-3-2-11-4-5-15(18)17-14(11)9-12/h2-5,9-10,13,16H,6-8H2,1H3,(H,17,18). The zero-order valence-electron chi connectivity index (χ0n) is 10.6. The molecule has 0 bridgehead atoms. The van der Waals surface area contributed by atoms with Crippen LogP contribution in [0.1, 0.15) is 31.2 Å². The normalized spacial score (nSPS) is 24.3. The SMILES string of the molecule is CC1CC(c2ccc3ccc(=O)[nH]c3c2)CCN1. The average Bonchev–Trinajstić information content (AvgIpc) is 2.38. The second kappa shape index (κ2) is 4.58. The van der Waals surface area contributed by atoms with Crippen LogP contribution >= 0.6 is 0 Å². The van der Waals surface area contributed by atoms with E-state index < -0.39 is 0 Å². The Morgan fingerprint density at radius 2 is 2.06 bits per heavy atom. The molecule has 0 amide bonds. The third kappa shape index (κ3) is 2.18. The van der Waals surface area contributed by atoms with E-state index in [9.17, 15) is 4.79 Å². The summed E-state index contributed by atoms with van der Waals surface area (Å²) in [6.45, 7) is 3.31. The summed E-state index contributed by atoms with van der Waals surface area (Å²) in [5, 5.41) is 4.57. The quantitative estimate of drug-likeness (QED) is 0.806. The van der Waals surface area contributed by atoms with Gasteiger partial charge in [0.25, 0.3) is 0 Å². The van der Waals surface area contributed by atoms with Crippen LogP contribution in [-0.4, -0.2) is 17.6 Å². The first kappa shape index (κ1) is 11.5. The number of benzene rings is 1. The van der Waals surface area contributed by atoms with Gasteiger partial charge in [0.1, 0.15) is 0 Å². The van der Waals surface area contributed by atoms with Crippen LogP contribution in [0.4, 0.5) is 0 Å². The lowest BCUT2D eigenvalue weighted by Gasteiger charge is -2.28. The van der Waals surface area contributed by atoms with Gasteiger partial charge in [-0.1, -0.05) is 12.1 Å². The summed E-state index contributed by atoms with van der Waals surface area (Å²) in [5.74, 6) is 0.606. The number of rotatable bonds is 1. The summed E-state index contributed by atoms with van der Waals surface area (Å²) < 4.78 is 0. The Labute approximate surface area is 106 Å². The third-order valence-electron chi connectivity index (χ3n) is 3.84. The number of aromatic amines is 1. The second-order valence-corrected chi connectivity index (χ2v) is 5.25. The van der Waals surface area contributed by atoms with Gasteiger partial charge in [0.15, 0.2) is 0 Å². The summed E-state index contributed by atoms with van der Waals surface area (Å²) in [5.41, 5.74) is 2.27. The van der Waals surface area contributed by atoms with Gasteiger partial charge in [0.05, 0.1) is 0 Å². The largest absolute Gasteiger partial charge is 0.322 e. The van der Waals surface area contributed by atoms with E-state index in [-0.39, 0.29) is 5.56 Å². The van der Waals surface area contributed by atoms with Gasteiger partial charge in [-0.3, -0.25) is 4.79 Å². The molecular formula is C15H18N2O. The lowest BCUT2D eigenvalue weighted by atomic mass is 9.86. The van der Waals surface area contributed by atoms with Crippen molar-refractivity contribution < 1.29 is 0 Å². The van der Waals surface area contributed by atoms with Crippen molar-refractivity contribution in [3.05, 3.63) is 46.2 Å². The molecule has 2 unspecified atom stereocenters. The molecule has 0 spiro atoms. The fourth-order valence-corrected chi connectivity index (χ4v) is 2.86. The van der Waals surface area contributed by atoms with E-state index in [1.54, 1.807) is 6.07 Å². The first-order valence-corrected chi connectivity index (χ1v) is 6.59. The molecular weight excluding hydrogens is 224 g/mol. The van der Waals surface area contributed by atoms with Gasteiger partial charge in [0, 0.05) is 17.6 Å². The number of H-pyrrole nitrogens is 1. The molecule has 2 aromatic rings. The van der Waals surface area contributed by atoms with E-state index >= 15 is 0 Å². The predicted octanol–water partition coefficient (Wildman–Crippen LogP) is 2.38. The minimum atomic E-state index is -0.0293. The summed E-state index contributed by atoms with van der Waals surface area (Å²) in [6, 6.07) is 10.5. The minimum absolute atomic E-state index is 0.0293. The average molecular weight is 242 g/mol. The summed E-state index contributed by atoms with van der Waals surface area (Å²) >= 11 is 0. The molecule has 18 heavy (non-hydrogen) atoms. The summed E-state index contributed by atoms with van der Waals surface area (Å²) in [7, 11) is 0. The highest BCUT2D eigenvalue weighted by molar-refractivity contribution is 5.79. The first-order valence-electron chi connectivity index (χ1n) is 6.59. The molecule has 1 aliphatic rings. The van der Waals surface area contributed by atoms with Crippen LogP contribution in [0.3, 0.4) is 0 Å². The van der Waals surface area contributed by atoms with Gasteiger partial charge in [0.2, 0.25) is 5.56 Å². The Bertz CT molecular complexity index is 617. The molecule has 1 aliphatic heterocycles. The molecule has 2 heterocycles. The van der Waals surface area contributed by atoms with Gasteiger partial charge in [-0.05, 0) is 55.3 Å². The molecule has 1 aromatic carbocycles. The highest BCUT2D eigenvalue weighted by Gasteiger charge is 2.19. The van der Waals surface area contributed by atoms with Crippen molar-refractivity contribution >= 4 is 10.9 Å². The fraction of sp³-hybridized carbons (Fsp3) is 0.400. The van der Waals surface area contributed by atoms with Crippen molar-refractivity contribution in [2.24, 2.45) is 0 Å². The molecule has 2 N–H and O–H groups in total. The van der Waals surface area contributed by atoms with Crippen molar-refractivity contribution in [2.75, 3.05) is 6.54 Å². The minimum Gasteiger partial charge on any atom is -0.322 e. The van der Waals surface area contributed by atoms with Gasteiger partial charge in [-0.2, -0.15) is 0 Å². The topological polar surface area (TPSA) is 44.9 Å². The van der Waals surface area contributed by atoms with Crippen LogP contribution in [0, 0.1) is 0 Å². The van der Waals surface area contributed by atoms with Crippen LogP contribution in [-0.2, 0) is 0 Å². The highest BCUT2D eigenvalue weighted by Crippen LogP contribution is 2.29. The maximum Gasteiger partial charge on any atom is 0.248 e. The first-order chi connectivity index (χ1) is 8.72. The Morgan fingerprint density at radius 3 is 2.89 bits per heavy atom. The van der Waals surface area contributed by atoms with Crippen LogP contribution in [0.2, 0.25) is 0 Å². The van der Waals surface area contributed by atoms with E-state index in [1.165, 1.54) is 18.4 Å². The van der Waals surface area contributed by atoms with Crippen LogP contribution in [0.15, 0.2) is 35.1 Å². The van der Waals surface area contributed by atoms with E-state index in [0.717, 1.165) is 17.4 Å². The van der Waals surface area contributed by atoms with E-state index in [0.29, 0.717) is 12.0 Å². The van der Waals surface area contributed by atoms with Crippen LogP contribution < -0.4 is 10.9 Å². The molecule has 1 fully saturated rings. The maximum absolute atomic E-state index is 11.4. The van der Waals surface area contributed by atoms with E-state index in [1.807, 2.05) is 6.07 Å². The molecule has 0 radical (unpaired) electrons. The van der Waals surface area contributed by atoms with Gasteiger partial charge < -0.3 is 10.3 Å². The molecule has 1 aromatic heterocycles. The number of fused-ring (bicyclic) bond motifs is 1. The molecule has 0 aliphatic carbocycles. The van der Waals surface area contributed by atoms with Gasteiger partial charge in [-0.25, -0.2) is 0 Å². The number of hydrogen-bond acceptors (Lipinski definition) is 2. The molecule has 0 saturated carbocycles. The Kier molecular flexibility index (Phi) is 2.92. The number of nitrogens with one attached hydrogen (secondary N) is 2. The zero-order valence-corrected chi connectivity index (χ0v) is 10.6. The van der Waals surface area contributed by atoms with Crippen LogP contribution in [0.5, 0.6) is 0 Å². The van der Waals surface area contributed by atoms with Gasteiger partial charge in [-0.15, -0.1) is 0 Å². The van der Waals surface area contributed by atoms with Gasteiger partial charge >= 0.3 is 0 Å². The fourth-order valence-electron chi connectivity index (χ4n) is 2.86. The Balaban J connectivity index is 1.99. The smallest absolute Gasteiger partial charge is 0.248 e. The molecule has 3 rings (SSSR count). The monoisotopic (exact) mass is 242 g/mol. The predicted molar refractivity (Wildman–Crippen MR) is 74.0 cm³/mol. The number of pyridine rings is 1. The number of piperidine rings is 1. The van der Waals surface area contributed by atoms with E-state index in [4.69, 9.17) is 0 Å². The van der Waals surface area contributed by atoms with Crippen molar-refractivity contribution in [2.45, 2.75) is 31.7 Å². The molecule has 1 saturated heterocycles. The Hall–Kier alpha value is -1.61. The Morgan fingerprint density at radius 1 is 1.22 bits per heavy atom. The lowest BCUT2D eigenvalue weighted by Crippen LogP contribution is -2.34. The van der Waals surface area contributed by atoms with Crippen molar-refractivity contribution in [3.8, 4) is 0 Å². The zero-order chi connectivity index (χ0) is 12.5. The lowest BCUT2D eigenvalue weighted by molar-refractivity contribution is 0.381. The molecule has 3 heteroatoms. The third-order valence-corrected chi connectivity index (χ3v) is 3.84. The molecule has 3 nitrogen and oxygen atoms in total. The molecule has 2 atom stereocenters. The maximum atomic E-state index is 11.4. The van der Waals surface area contributed by atoms with Crippen molar-refractivity contribution in [1.82, 2.24) is 10.3 Å². The van der Waals surface area contributed by atoms with Crippen molar-refractivity contribution in [3.63, 3.8) is 0 Å². The number of hydrogen-bond donors (Lipinski definition) is 2. The second-order valence-electron chi connectivity index (χ2n) is 5.25. The highest BCUT2D eigenvalue weighted by atomic mass is 16.1. The van der Waals surface area contributed by atoms with E-state index in [2.05, 4.69) is 35.4 Å². The molecule has 94 valence electrons.